The van der Waals surface area contributed by atoms with Gasteiger partial charge in [-0.25, -0.2) is 0 Å². The molecule has 0 bridgehead atoms. The van der Waals surface area contributed by atoms with Gasteiger partial charge in [0, 0.05) is 45.3 Å². The van der Waals surface area contributed by atoms with Gasteiger partial charge in [0.15, 0.2) is 5.96 Å². The summed E-state index contributed by atoms with van der Waals surface area (Å²) in [6.07, 6.45) is 0.116. The average molecular weight is 558 g/mol. The molecule has 4 rings (SSSR count). The zero-order valence-electron chi connectivity index (χ0n) is 18.0. The lowest BCUT2D eigenvalue weighted by Crippen LogP contribution is -2.50. The lowest BCUT2D eigenvalue weighted by Gasteiger charge is -2.36. The third-order valence-electron chi connectivity index (χ3n) is 5.78. The Morgan fingerprint density at radius 2 is 1.91 bits per heavy atom. The fourth-order valence-electron chi connectivity index (χ4n) is 4.31. The highest BCUT2D eigenvalue weighted by Gasteiger charge is 2.41. The van der Waals surface area contributed by atoms with E-state index in [1.165, 1.54) is 5.56 Å². The van der Waals surface area contributed by atoms with Crippen LogP contribution >= 0.6 is 24.0 Å². The van der Waals surface area contributed by atoms with E-state index in [0.717, 1.165) is 32.1 Å². The van der Waals surface area contributed by atoms with E-state index in [1.807, 2.05) is 6.07 Å². The van der Waals surface area contributed by atoms with Gasteiger partial charge < -0.3 is 19.7 Å². The lowest BCUT2D eigenvalue weighted by atomic mass is 10.1. The van der Waals surface area contributed by atoms with Crippen molar-refractivity contribution in [3.8, 4) is 5.75 Å². The highest BCUT2D eigenvalue weighted by Crippen LogP contribution is 2.25. The minimum atomic E-state index is -2.85. The summed E-state index contributed by atoms with van der Waals surface area (Å²) in [7, 11) is 1.73. The van der Waals surface area contributed by atoms with Crippen molar-refractivity contribution in [1.82, 2.24) is 15.1 Å². The van der Waals surface area contributed by atoms with Crippen LogP contribution in [-0.4, -0.2) is 67.8 Å². The number of likely N-dealkylation sites (tertiary alicyclic amines) is 1. The number of hydrogen-bond donors (Lipinski definition) is 1. The third-order valence-corrected chi connectivity index (χ3v) is 5.78. The molecule has 2 heterocycles. The molecule has 2 aromatic carbocycles. The molecule has 6 nitrogen and oxygen atoms in total. The number of hydrogen-bond acceptors (Lipinski definition) is 4. The number of rotatable bonds is 6. The van der Waals surface area contributed by atoms with Crippen LogP contribution in [0, 0.1) is 0 Å². The highest BCUT2D eigenvalue weighted by molar-refractivity contribution is 14.0. The smallest absolute Gasteiger partial charge is 0.387 e. The van der Waals surface area contributed by atoms with Crippen LogP contribution in [0.1, 0.15) is 11.1 Å². The number of aliphatic imine (C=N–C) groups is 1. The number of guanidine groups is 1. The van der Waals surface area contributed by atoms with Crippen molar-refractivity contribution in [3.63, 3.8) is 0 Å². The number of benzene rings is 2. The molecule has 0 amide bonds. The maximum absolute atomic E-state index is 12.7. The number of ether oxygens (including phenoxy) is 2. The van der Waals surface area contributed by atoms with Crippen molar-refractivity contribution in [2.24, 2.45) is 4.99 Å². The normalized spacial score (nSPS) is 21.2. The average Bonchev–Trinajstić information content (AvgIpc) is 3.21. The Morgan fingerprint density at radius 3 is 2.66 bits per heavy atom. The molecule has 0 saturated carbocycles. The van der Waals surface area contributed by atoms with Crippen molar-refractivity contribution in [2.45, 2.75) is 31.8 Å². The van der Waals surface area contributed by atoms with E-state index >= 15 is 0 Å². The lowest BCUT2D eigenvalue weighted by molar-refractivity contribution is -0.0506. The second-order valence-corrected chi connectivity index (χ2v) is 7.72. The maximum Gasteiger partial charge on any atom is 0.387 e. The topological polar surface area (TPSA) is 49.3 Å². The molecule has 0 aromatic heterocycles. The maximum atomic E-state index is 12.7. The number of halogens is 3. The Kier molecular flexibility index (Phi) is 9.06. The molecule has 2 atom stereocenters. The Hall–Kier alpha value is -1.98. The van der Waals surface area contributed by atoms with E-state index in [-0.39, 0.29) is 41.9 Å². The third kappa shape index (κ3) is 6.08. The van der Waals surface area contributed by atoms with E-state index in [0.29, 0.717) is 18.7 Å². The Balaban J connectivity index is 0.00000289. The summed E-state index contributed by atoms with van der Waals surface area (Å²) < 4.78 is 36.0. The standard InChI is InChI=1S/C23H28F2N4O2.HI/c1-26-23(27-13-18-9-5-6-10-20(18)31-22(24)25)29-15-19-21(16-29)30-12-11-28(19)14-17-7-3-2-4-8-17;/h2-10,19,21-22H,11-16H2,1H3,(H,26,27);1H. The van der Waals surface area contributed by atoms with E-state index in [4.69, 9.17) is 4.74 Å². The number of morpholine rings is 1. The molecule has 2 fully saturated rings. The Labute approximate surface area is 204 Å². The van der Waals surface area contributed by atoms with Crippen molar-refractivity contribution >= 4 is 29.9 Å². The highest BCUT2D eigenvalue weighted by atomic mass is 127. The van der Waals surface area contributed by atoms with Gasteiger partial charge in [0.25, 0.3) is 0 Å². The summed E-state index contributed by atoms with van der Waals surface area (Å²) in [4.78, 5) is 9.06. The zero-order chi connectivity index (χ0) is 21.6. The number of fused-ring (bicyclic) bond motifs is 1. The van der Waals surface area contributed by atoms with Gasteiger partial charge in [-0.15, -0.1) is 24.0 Å². The van der Waals surface area contributed by atoms with E-state index < -0.39 is 6.61 Å². The Morgan fingerprint density at radius 1 is 1.16 bits per heavy atom. The van der Waals surface area contributed by atoms with Crippen LogP contribution in [0.25, 0.3) is 0 Å². The van der Waals surface area contributed by atoms with Crippen LogP contribution < -0.4 is 10.1 Å². The minimum absolute atomic E-state index is 0. The van der Waals surface area contributed by atoms with Gasteiger partial charge in [-0.1, -0.05) is 48.5 Å². The fourth-order valence-corrected chi connectivity index (χ4v) is 4.31. The van der Waals surface area contributed by atoms with Gasteiger partial charge in [0.05, 0.1) is 18.8 Å². The predicted octanol–water partition coefficient (Wildman–Crippen LogP) is 3.57. The molecule has 1 N–H and O–H groups in total. The van der Waals surface area contributed by atoms with Crippen LogP contribution in [0.2, 0.25) is 0 Å². The van der Waals surface area contributed by atoms with Crippen LogP contribution in [0.5, 0.6) is 5.75 Å². The van der Waals surface area contributed by atoms with Crippen LogP contribution in [0.15, 0.2) is 59.6 Å². The fraction of sp³-hybridized carbons (Fsp3) is 0.435. The van der Waals surface area contributed by atoms with Crippen molar-refractivity contribution in [1.29, 1.82) is 0 Å². The molecule has 2 aliphatic rings. The first kappa shape index (κ1) is 24.7. The summed E-state index contributed by atoms with van der Waals surface area (Å²) in [5.74, 6) is 0.900. The first-order valence-electron chi connectivity index (χ1n) is 10.5. The Bertz CT molecular complexity index is 887. The second-order valence-electron chi connectivity index (χ2n) is 7.72. The summed E-state index contributed by atoms with van der Waals surface area (Å²) in [5, 5.41) is 3.29. The van der Waals surface area contributed by atoms with Gasteiger partial charge in [0.2, 0.25) is 0 Å². The SMILES string of the molecule is CN=C(NCc1ccccc1OC(F)F)N1CC2OCCN(Cc3ccccc3)C2C1.I. The van der Waals surface area contributed by atoms with Gasteiger partial charge in [0.1, 0.15) is 5.75 Å². The molecule has 2 saturated heterocycles. The van der Waals surface area contributed by atoms with Crippen LogP contribution in [-0.2, 0) is 17.8 Å². The minimum Gasteiger partial charge on any atom is -0.434 e. The number of para-hydroxylation sites is 1. The molecule has 2 aliphatic heterocycles. The van der Waals surface area contributed by atoms with Gasteiger partial charge in [-0.05, 0) is 11.6 Å². The molecule has 0 spiro atoms. The largest absolute Gasteiger partial charge is 0.434 e. The van der Waals surface area contributed by atoms with E-state index in [2.05, 4.69) is 49.1 Å². The molecule has 0 radical (unpaired) electrons. The van der Waals surface area contributed by atoms with Crippen molar-refractivity contribution < 1.29 is 18.3 Å². The summed E-state index contributed by atoms with van der Waals surface area (Å²) in [5.41, 5.74) is 1.95. The number of nitrogens with one attached hydrogen (secondary N) is 1. The number of nitrogens with zero attached hydrogens (tertiary/aromatic N) is 3. The molecular formula is C23H29F2IN4O2. The van der Waals surface area contributed by atoms with Gasteiger partial charge in [-0.2, -0.15) is 8.78 Å². The second kappa shape index (κ2) is 11.8. The molecule has 174 valence electrons. The number of alkyl halides is 2. The van der Waals surface area contributed by atoms with Gasteiger partial charge in [-0.3, -0.25) is 9.89 Å². The predicted molar refractivity (Wildman–Crippen MR) is 131 cm³/mol. The first-order chi connectivity index (χ1) is 15.1. The molecule has 0 aliphatic carbocycles. The van der Waals surface area contributed by atoms with Crippen LogP contribution in [0.4, 0.5) is 8.78 Å². The van der Waals surface area contributed by atoms with Gasteiger partial charge >= 0.3 is 6.61 Å². The monoisotopic (exact) mass is 558 g/mol. The zero-order valence-corrected chi connectivity index (χ0v) is 20.3. The summed E-state index contributed by atoms with van der Waals surface area (Å²) >= 11 is 0. The molecule has 2 aromatic rings. The first-order valence-corrected chi connectivity index (χ1v) is 10.5. The summed E-state index contributed by atoms with van der Waals surface area (Å²) in [6.45, 7) is 1.53. The van der Waals surface area contributed by atoms with Crippen molar-refractivity contribution in [2.75, 3.05) is 33.3 Å². The molecule has 9 heteroatoms. The molecular weight excluding hydrogens is 529 g/mol. The molecule has 2 unspecified atom stereocenters. The van der Waals surface area contributed by atoms with E-state index in [9.17, 15) is 8.78 Å². The van der Waals surface area contributed by atoms with E-state index in [1.54, 1.807) is 31.3 Å². The summed E-state index contributed by atoms with van der Waals surface area (Å²) in [6, 6.07) is 17.5. The van der Waals surface area contributed by atoms with Crippen LogP contribution in [0.3, 0.4) is 0 Å². The quantitative estimate of drug-likeness (QED) is 0.334. The molecule has 32 heavy (non-hydrogen) atoms. The van der Waals surface area contributed by atoms with Crippen molar-refractivity contribution in [3.05, 3.63) is 65.7 Å².